The topological polar surface area (TPSA) is 70.4 Å². The van der Waals surface area contributed by atoms with Crippen molar-refractivity contribution in [1.82, 2.24) is 30.3 Å². The molecule has 0 aliphatic carbocycles. The van der Waals surface area contributed by atoms with Crippen molar-refractivity contribution in [1.29, 1.82) is 0 Å². The van der Waals surface area contributed by atoms with Crippen LogP contribution < -0.4 is 10.6 Å². The van der Waals surface area contributed by atoms with Gasteiger partial charge in [0.05, 0.1) is 0 Å². The van der Waals surface area contributed by atoms with Gasteiger partial charge in [-0.1, -0.05) is 36.8 Å². The Balaban J connectivity index is 0.00000289. The van der Waals surface area contributed by atoms with Crippen molar-refractivity contribution in [2.24, 2.45) is 4.99 Å². The molecule has 1 saturated heterocycles. The van der Waals surface area contributed by atoms with E-state index in [1.807, 2.05) is 0 Å². The minimum Gasteiger partial charge on any atom is -0.357 e. The highest BCUT2D eigenvalue weighted by atomic mass is 127. The molecule has 0 spiro atoms. The van der Waals surface area contributed by atoms with Gasteiger partial charge in [-0.05, 0) is 38.7 Å². The molecule has 1 aromatic carbocycles. The number of aromatic nitrogens is 3. The van der Waals surface area contributed by atoms with Crippen LogP contribution in [0.5, 0.6) is 0 Å². The molecule has 3 heterocycles. The van der Waals surface area contributed by atoms with Crippen molar-refractivity contribution < 1.29 is 0 Å². The van der Waals surface area contributed by atoms with Gasteiger partial charge in [0.1, 0.15) is 11.6 Å². The zero-order valence-electron chi connectivity index (χ0n) is 19.5. The highest BCUT2D eigenvalue weighted by Crippen LogP contribution is 2.20. The van der Waals surface area contributed by atoms with Gasteiger partial charge in [-0.3, -0.25) is 9.89 Å². The first-order valence-electron chi connectivity index (χ1n) is 12.0. The molecule has 2 atom stereocenters. The third-order valence-corrected chi connectivity index (χ3v) is 6.41. The molecule has 1 aromatic heterocycles. The molecule has 7 nitrogen and oxygen atoms in total. The van der Waals surface area contributed by atoms with Gasteiger partial charge in [-0.2, -0.15) is 0 Å². The number of rotatable bonds is 7. The molecule has 0 bridgehead atoms. The second kappa shape index (κ2) is 12.5. The van der Waals surface area contributed by atoms with Crippen molar-refractivity contribution in [3.05, 3.63) is 47.5 Å². The number of guanidine groups is 1. The van der Waals surface area contributed by atoms with Gasteiger partial charge in [-0.15, -0.1) is 34.2 Å². The second-order valence-electron chi connectivity index (χ2n) is 8.85. The van der Waals surface area contributed by atoms with E-state index in [0.29, 0.717) is 12.1 Å². The van der Waals surface area contributed by atoms with Crippen LogP contribution in [0, 0.1) is 0 Å². The Kier molecular flexibility index (Phi) is 9.77. The lowest BCUT2D eigenvalue weighted by Gasteiger charge is -2.21. The number of nitrogens with one attached hydrogen (secondary N) is 2. The van der Waals surface area contributed by atoms with E-state index in [0.717, 1.165) is 69.6 Å². The van der Waals surface area contributed by atoms with Crippen LogP contribution in [0.1, 0.15) is 56.7 Å². The molecule has 2 aliphatic heterocycles. The van der Waals surface area contributed by atoms with Crippen LogP contribution in [-0.4, -0.2) is 57.3 Å². The van der Waals surface area contributed by atoms with Crippen LogP contribution in [0.15, 0.2) is 35.3 Å². The zero-order valence-corrected chi connectivity index (χ0v) is 21.8. The van der Waals surface area contributed by atoms with Gasteiger partial charge in [0.2, 0.25) is 0 Å². The summed E-state index contributed by atoms with van der Waals surface area (Å²) in [5.41, 5.74) is 1.38. The molecule has 0 amide bonds. The first-order valence-corrected chi connectivity index (χ1v) is 12.0. The third kappa shape index (κ3) is 6.66. The van der Waals surface area contributed by atoms with Gasteiger partial charge in [0, 0.05) is 57.6 Å². The average molecular weight is 552 g/mol. The van der Waals surface area contributed by atoms with E-state index in [4.69, 9.17) is 4.99 Å². The van der Waals surface area contributed by atoms with Gasteiger partial charge < -0.3 is 15.2 Å². The number of aryl methyl sites for hydroxylation is 1. The number of likely N-dealkylation sites (tertiary alicyclic amines) is 1. The molecule has 4 rings (SSSR count). The van der Waals surface area contributed by atoms with E-state index in [2.05, 4.69) is 74.5 Å². The molecular weight excluding hydrogens is 513 g/mol. The fraction of sp³-hybridized carbons (Fsp3) is 0.625. The number of benzene rings is 1. The lowest BCUT2D eigenvalue weighted by molar-refractivity contribution is 0.258. The second-order valence-corrected chi connectivity index (χ2v) is 8.85. The Hall–Kier alpha value is -1.68. The predicted octanol–water partition coefficient (Wildman–Crippen LogP) is 3.38. The molecule has 8 heteroatoms. The van der Waals surface area contributed by atoms with Crippen molar-refractivity contribution in [3.8, 4) is 0 Å². The molecule has 2 aliphatic rings. The Bertz CT molecular complexity index is 851. The summed E-state index contributed by atoms with van der Waals surface area (Å²) < 4.78 is 2.32. The summed E-state index contributed by atoms with van der Waals surface area (Å²) in [6.45, 7) is 9.13. The maximum atomic E-state index is 4.85. The van der Waals surface area contributed by atoms with E-state index in [1.54, 1.807) is 0 Å². The Morgan fingerprint density at radius 2 is 2.00 bits per heavy atom. The number of halogens is 1. The lowest BCUT2D eigenvalue weighted by Crippen LogP contribution is -2.44. The van der Waals surface area contributed by atoms with Crippen LogP contribution in [0.25, 0.3) is 0 Å². The summed E-state index contributed by atoms with van der Waals surface area (Å²) in [4.78, 5) is 7.41. The van der Waals surface area contributed by atoms with Crippen LogP contribution in [0.2, 0.25) is 0 Å². The maximum Gasteiger partial charge on any atom is 0.191 e. The molecule has 176 valence electrons. The minimum atomic E-state index is 0. The van der Waals surface area contributed by atoms with Crippen molar-refractivity contribution in [3.63, 3.8) is 0 Å². The third-order valence-electron chi connectivity index (χ3n) is 6.41. The Morgan fingerprint density at radius 1 is 1.16 bits per heavy atom. The van der Waals surface area contributed by atoms with E-state index in [9.17, 15) is 0 Å². The number of hydrogen-bond acceptors (Lipinski definition) is 4. The van der Waals surface area contributed by atoms with Crippen molar-refractivity contribution in [2.75, 3.05) is 19.6 Å². The normalized spacial score (nSPS) is 21.5. The van der Waals surface area contributed by atoms with Gasteiger partial charge in [-0.25, -0.2) is 0 Å². The largest absolute Gasteiger partial charge is 0.357 e. The lowest BCUT2D eigenvalue weighted by atomic mass is 10.2. The average Bonchev–Trinajstić information content (AvgIpc) is 3.21. The van der Waals surface area contributed by atoms with Crippen LogP contribution in [0.3, 0.4) is 0 Å². The van der Waals surface area contributed by atoms with Crippen molar-refractivity contribution in [2.45, 2.75) is 77.5 Å². The summed E-state index contributed by atoms with van der Waals surface area (Å²) >= 11 is 0. The maximum absolute atomic E-state index is 4.85. The molecule has 1 fully saturated rings. The number of hydrogen-bond donors (Lipinski definition) is 2. The highest BCUT2D eigenvalue weighted by Gasteiger charge is 2.29. The monoisotopic (exact) mass is 551 g/mol. The zero-order chi connectivity index (χ0) is 21.5. The van der Waals surface area contributed by atoms with Crippen molar-refractivity contribution >= 4 is 29.9 Å². The number of nitrogens with zero attached hydrogens (tertiary/aromatic N) is 5. The summed E-state index contributed by atoms with van der Waals surface area (Å²) in [6.07, 6.45) is 6.77. The smallest absolute Gasteiger partial charge is 0.191 e. The van der Waals surface area contributed by atoms with Gasteiger partial charge in [0.15, 0.2) is 5.96 Å². The molecule has 2 N–H and O–H groups in total. The molecule has 0 radical (unpaired) electrons. The van der Waals surface area contributed by atoms with E-state index >= 15 is 0 Å². The first kappa shape index (κ1) is 25.0. The first-order chi connectivity index (χ1) is 15.2. The fourth-order valence-corrected chi connectivity index (χ4v) is 4.75. The summed E-state index contributed by atoms with van der Waals surface area (Å²) in [5, 5.41) is 15.9. The summed E-state index contributed by atoms with van der Waals surface area (Å²) in [6, 6.07) is 11.7. The number of aliphatic imine (C=N–C) groups is 1. The molecule has 2 unspecified atom stereocenters. The highest BCUT2D eigenvalue weighted by molar-refractivity contribution is 14.0. The SMILES string of the molecule is CCNC(=NCCc1nnc2n1CCCCC2)NC1CC(C)N(Cc2ccccc2)C1.I. The Labute approximate surface area is 209 Å². The van der Waals surface area contributed by atoms with Crippen LogP contribution >= 0.6 is 24.0 Å². The molecule has 32 heavy (non-hydrogen) atoms. The van der Waals surface area contributed by atoms with Crippen LogP contribution in [-0.2, 0) is 25.9 Å². The molecule has 0 saturated carbocycles. The minimum absolute atomic E-state index is 0. The van der Waals surface area contributed by atoms with E-state index in [1.165, 1.54) is 24.8 Å². The number of fused-ring (bicyclic) bond motifs is 1. The van der Waals surface area contributed by atoms with E-state index in [-0.39, 0.29) is 24.0 Å². The predicted molar refractivity (Wildman–Crippen MR) is 141 cm³/mol. The quantitative estimate of drug-likeness (QED) is 0.314. The van der Waals surface area contributed by atoms with Gasteiger partial charge in [0.25, 0.3) is 0 Å². The van der Waals surface area contributed by atoms with E-state index < -0.39 is 0 Å². The van der Waals surface area contributed by atoms with Gasteiger partial charge >= 0.3 is 0 Å². The Morgan fingerprint density at radius 3 is 2.81 bits per heavy atom. The molecular formula is C24H38IN7. The summed E-state index contributed by atoms with van der Waals surface area (Å²) in [5.74, 6) is 3.15. The van der Waals surface area contributed by atoms with Crippen LogP contribution in [0.4, 0.5) is 0 Å². The fourth-order valence-electron chi connectivity index (χ4n) is 4.75. The molecule has 2 aromatic rings. The summed E-state index contributed by atoms with van der Waals surface area (Å²) in [7, 11) is 0. The standard InChI is InChI=1S/C24H37N7.HI/c1-3-25-24(26-14-13-23-29-28-22-12-8-5-9-15-31(22)23)27-21-16-19(2)30(18-21)17-20-10-6-4-7-11-20;/h4,6-7,10-11,19,21H,3,5,8-9,12-18H2,1-2H3,(H2,25,26,27);1H.